The Morgan fingerprint density at radius 1 is 0.719 bits per heavy atom. The number of amides is 4. The molecule has 8 heterocycles. The molecule has 0 bridgehead atoms. The highest BCUT2D eigenvalue weighted by atomic mass is 35.5. The van der Waals surface area contributed by atoms with Crippen LogP contribution in [0.15, 0.2) is 57.6 Å². The van der Waals surface area contributed by atoms with Crippen LogP contribution in [0.5, 0.6) is 0 Å². The van der Waals surface area contributed by atoms with E-state index < -0.39 is 22.0 Å². The summed E-state index contributed by atoms with van der Waals surface area (Å²) >= 11 is 6.11. The Kier molecular flexibility index (Phi) is 9.57. The molecule has 2 fully saturated rings. The Labute approximate surface area is 373 Å². The summed E-state index contributed by atoms with van der Waals surface area (Å²) in [5.41, 5.74) is 6.17. The second kappa shape index (κ2) is 14.7. The smallest absolute Gasteiger partial charge is 0.410 e. The molecule has 16 heteroatoms. The highest BCUT2D eigenvalue weighted by Crippen LogP contribution is 2.49. The minimum Gasteiger partial charge on any atom is -0.459 e. The summed E-state index contributed by atoms with van der Waals surface area (Å²) < 4.78 is 37.6. The average Bonchev–Trinajstić information content (AvgIpc) is 3.80. The number of carbonyl (C=O) groups is 4. The van der Waals surface area contributed by atoms with Gasteiger partial charge in [-0.25, -0.2) is 19.0 Å². The highest BCUT2D eigenvalue weighted by molar-refractivity contribution is 6.29. The van der Waals surface area contributed by atoms with Gasteiger partial charge in [-0.1, -0.05) is 23.7 Å². The lowest BCUT2D eigenvalue weighted by molar-refractivity contribution is -0.0157. The van der Waals surface area contributed by atoms with Gasteiger partial charge in [0, 0.05) is 79.5 Å². The molecule has 0 saturated carbocycles. The fourth-order valence-corrected chi connectivity index (χ4v) is 9.94. The quantitative estimate of drug-likeness (QED) is 0.158. The van der Waals surface area contributed by atoms with Gasteiger partial charge >= 0.3 is 12.2 Å². The molecule has 2 N–H and O–H groups in total. The van der Waals surface area contributed by atoms with E-state index in [1.807, 2.05) is 59.9 Å². The van der Waals surface area contributed by atoms with E-state index >= 15 is 0 Å². The van der Waals surface area contributed by atoms with Gasteiger partial charge in [-0.15, -0.1) is 0 Å². The van der Waals surface area contributed by atoms with E-state index in [4.69, 9.17) is 29.9 Å². The van der Waals surface area contributed by atoms with Gasteiger partial charge in [-0.05, 0) is 103 Å². The first-order chi connectivity index (χ1) is 30.3. The summed E-state index contributed by atoms with van der Waals surface area (Å²) in [5, 5.41) is 6.40. The molecule has 2 saturated heterocycles. The molecule has 4 aliphatic heterocycles. The van der Waals surface area contributed by atoms with Crippen LogP contribution >= 0.6 is 11.6 Å². The average molecular weight is 891 g/mol. The number of nitrogens with zero attached hydrogens (tertiary/aromatic N) is 4. The van der Waals surface area contributed by atoms with Crippen LogP contribution in [0.3, 0.4) is 0 Å². The zero-order valence-corrected chi connectivity index (χ0v) is 37.3. The SMILES string of the molecule is CC(C)(C)OC(=O)N1CC2(CNC(=O)c3c2oc2c3CCc3cnc(-c4cccc(F)c4)cc3-2)C1.CC(C)(C)OC(=O)N1CC2(CNC(=O)c3c2oc2c3CCc3cnc(Cl)cc3-2)C1. The van der Waals surface area contributed by atoms with Crippen molar-refractivity contribution in [1.82, 2.24) is 30.4 Å². The van der Waals surface area contributed by atoms with Crippen molar-refractivity contribution in [2.75, 3.05) is 39.3 Å². The van der Waals surface area contributed by atoms with Crippen LogP contribution in [0, 0.1) is 5.82 Å². The summed E-state index contributed by atoms with van der Waals surface area (Å²) in [7, 11) is 0. The lowest BCUT2D eigenvalue weighted by Crippen LogP contribution is -2.67. The number of fused-ring (bicyclic) bond motifs is 12. The molecule has 0 atom stereocenters. The molecule has 0 radical (unpaired) electrons. The standard InChI is InChI=1S/C27H26FN3O4.C21H22ClN3O4/c1-26(2,3)35-25(33)31-13-27(14-31)12-30-24(32)21-18-8-7-16-11-29-20(15-5-4-6-17(28)9-15)10-19(16)22(18)34-23(21)27;1-20(2,3)29-19(27)25-9-21(10-25)8-24-18(26)15-12-5-4-11-7-23-14(22)6-13(11)16(12)28-17(15)21/h4-6,9-11H,7-8,12-14H2,1-3H3,(H,30,32);6-7H,4-5,8-10H2,1-3H3,(H,24,26). The number of furan rings is 2. The zero-order valence-electron chi connectivity index (χ0n) is 36.5. The number of benzene rings is 1. The minimum absolute atomic E-state index is 0.116. The van der Waals surface area contributed by atoms with Gasteiger partial charge in [0.2, 0.25) is 0 Å². The van der Waals surface area contributed by atoms with E-state index in [1.165, 1.54) is 12.1 Å². The van der Waals surface area contributed by atoms with E-state index in [0.717, 1.165) is 46.2 Å². The molecule has 1 aromatic carbocycles. The van der Waals surface area contributed by atoms with Gasteiger partial charge in [0.15, 0.2) is 0 Å². The van der Waals surface area contributed by atoms with Crippen molar-refractivity contribution in [1.29, 1.82) is 0 Å². The number of likely N-dealkylation sites (tertiary alicyclic amines) is 2. The number of halogens is 2. The first-order valence-electron chi connectivity index (χ1n) is 21.5. The molecule has 4 amide bonds. The molecule has 332 valence electrons. The van der Waals surface area contributed by atoms with E-state index in [1.54, 1.807) is 28.1 Å². The lowest BCUT2D eigenvalue weighted by atomic mass is 9.73. The van der Waals surface area contributed by atoms with Crippen LogP contribution in [0.25, 0.3) is 33.9 Å². The van der Waals surface area contributed by atoms with E-state index in [2.05, 4.69) is 20.6 Å². The van der Waals surface area contributed by atoms with Gasteiger partial charge in [0.25, 0.3) is 11.8 Å². The second-order valence-corrected chi connectivity index (χ2v) is 20.1. The number of hydrogen-bond donors (Lipinski definition) is 2. The third-order valence-corrected chi connectivity index (χ3v) is 12.9. The van der Waals surface area contributed by atoms with E-state index in [-0.39, 0.29) is 29.8 Å². The predicted octanol–water partition coefficient (Wildman–Crippen LogP) is 7.80. The number of carbonyl (C=O) groups excluding carboxylic acids is 4. The van der Waals surface area contributed by atoms with Gasteiger partial charge in [-0.3, -0.25) is 14.6 Å². The topological polar surface area (TPSA) is 169 Å². The number of aryl methyl sites for hydroxylation is 2. The molecule has 5 aromatic rings. The minimum atomic E-state index is -0.577. The first-order valence-corrected chi connectivity index (χ1v) is 21.9. The molecule has 64 heavy (non-hydrogen) atoms. The Bertz CT molecular complexity index is 2810. The van der Waals surface area contributed by atoms with Crippen molar-refractivity contribution in [2.24, 2.45) is 0 Å². The Morgan fingerprint density at radius 3 is 1.69 bits per heavy atom. The largest absolute Gasteiger partial charge is 0.459 e. The zero-order chi connectivity index (χ0) is 45.1. The van der Waals surface area contributed by atoms with Crippen LogP contribution in [0.4, 0.5) is 14.0 Å². The van der Waals surface area contributed by atoms with Gasteiger partial charge in [-0.2, -0.15) is 0 Å². The maximum absolute atomic E-state index is 13.8. The fourth-order valence-electron chi connectivity index (χ4n) is 9.78. The summed E-state index contributed by atoms with van der Waals surface area (Å²) in [5.74, 6) is 2.10. The van der Waals surface area contributed by atoms with Gasteiger partial charge in [0.05, 0.1) is 27.7 Å². The van der Waals surface area contributed by atoms with Crippen LogP contribution < -0.4 is 10.6 Å². The second-order valence-electron chi connectivity index (χ2n) is 19.7. The number of rotatable bonds is 1. The van der Waals surface area contributed by atoms with Crippen molar-refractivity contribution in [3.63, 3.8) is 0 Å². The number of ether oxygens (including phenoxy) is 2. The fraction of sp³-hybridized carbons (Fsp3) is 0.417. The maximum Gasteiger partial charge on any atom is 0.410 e. The molecule has 6 aliphatic rings. The van der Waals surface area contributed by atoms with Crippen molar-refractivity contribution in [2.45, 2.75) is 89.3 Å². The Hall–Kier alpha value is -6.22. The first kappa shape index (κ1) is 41.8. The molecular weight excluding hydrogens is 843 g/mol. The predicted molar refractivity (Wildman–Crippen MR) is 233 cm³/mol. The van der Waals surface area contributed by atoms with Crippen LogP contribution in [-0.2, 0) is 46.0 Å². The van der Waals surface area contributed by atoms with Gasteiger partial charge in [0.1, 0.15) is 45.2 Å². The summed E-state index contributed by atoms with van der Waals surface area (Å²) in [6.07, 6.45) is 5.76. The molecular formula is C48H48ClFN6O8. The van der Waals surface area contributed by atoms with E-state index in [9.17, 15) is 23.6 Å². The van der Waals surface area contributed by atoms with Crippen LogP contribution in [0.1, 0.15) is 96.0 Å². The number of pyridine rings is 2. The number of hydrogen-bond acceptors (Lipinski definition) is 10. The lowest BCUT2D eigenvalue weighted by Gasteiger charge is -2.50. The third kappa shape index (κ3) is 7.08. The molecule has 4 aromatic heterocycles. The molecule has 2 aliphatic carbocycles. The number of aromatic nitrogens is 2. The van der Waals surface area contributed by atoms with Crippen LogP contribution in [-0.4, -0.2) is 94.2 Å². The summed E-state index contributed by atoms with van der Waals surface area (Å²) in [6.45, 7) is 13.6. The molecule has 2 spiro atoms. The van der Waals surface area contributed by atoms with Crippen molar-refractivity contribution in [3.8, 4) is 33.9 Å². The van der Waals surface area contributed by atoms with Crippen molar-refractivity contribution in [3.05, 3.63) is 105 Å². The van der Waals surface area contributed by atoms with Crippen molar-refractivity contribution >= 4 is 35.6 Å². The normalized spacial score (nSPS) is 18.3. The van der Waals surface area contributed by atoms with Crippen molar-refractivity contribution < 1.29 is 41.9 Å². The third-order valence-electron chi connectivity index (χ3n) is 12.7. The molecule has 0 unspecified atom stereocenters. The van der Waals surface area contributed by atoms with Gasteiger partial charge < -0.3 is 38.7 Å². The number of nitrogens with one attached hydrogen (secondary N) is 2. The Morgan fingerprint density at radius 2 is 1.20 bits per heavy atom. The van der Waals surface area contributed by atoms with E-state index in [0.29, 0.717) is 103 Å². The molecule has 14 nitrogen and oxygen atoms in total. The summed E-state index contributed by atoms with van der Waals surface area (Å²) in [6, 6.07) is 10.0. The molecule has 11 rings (SSSR count). The summed E-state index contributed by atoms with van der Waals surface area (Å²) in [4.78, 5) is 62.6. The van der Waals surface area contributed by atoms with Crippen LogP contribution in [0.2, 0.25) is 5.15 Å². The highest BCUT2D eigenvalue weighted by Gasteiger charge is 2.56. The Balaban J connectivity index is 0.000000154. The monoisotopic (exact) mass is 890 g/mol. The maximum atomic E-state index is 13.8.